The maximum absolute atomic E-state index is 12.4. The topological polar surface area (TPSA) is 71.3 Å². The van der Waals surface area contributed by atoms with Crippen molar-refractivity contribution in [2.24, 2.45) is 0 Å². The van der Waals surface area contributed by atoms with Gasteiger partial charge in [-0.15, -0.1) is 13.2 Å². The normalized spacial score (nSPS) is 13.1. The number of rotatable bonds is 5. The Bertz CT molecular complexity index is 1230. The van der Waals surface area contributed by atoms with Gasteiger partial charge in [-0.25, -0.2) is 0 Å². The maximum atomic E-state index is 12.4. The minimum Gasteiger partial charge on any atom is -0.406 e. The van der Waals surface area contributed by atoms with Crippen molar-refractivity contribution in [2.45, 2.75) is 6.36 Å². The Hall–Kier alpha value is -4.29. The van der Waals surface area contributed by atoms with Crippen LogP contribution in [0.25, 0.3) is 16.8 Å². The lowest BCUT2D eigenvalue weighted by Gasteiger charge is -2.17. The number of alkyl halides is 3. The van der Waals surface area contributed by atoms with Gasteiger partial charge in [0.15, 0.2) is 0 Å². The van der Waals surface area contributed by atoms with E-state index in [4.69, 9.17) is 5.73 Å². The molecule has 4 rings (SSSR count). The van der Waals surface area contributed by atoms with E-state index in [-0.39, 0.29) is 5.75 Å². The summed E-state index contributed by atoms with van der Waals surface area (Å²) in [5.41, 5.74) is 21.1. The fraction of sp³-hybridized carbons (Fsp3) is 0.0417. The quantitative estimate of drug-likeness (QED) is 0.305. The molecule has 0 bridgehead atoms. The van der Waals surface area contributed by atoms with Crippen LogP contribution < -0.4 is 26.6 Å². The van der Waals surface area contributed by atoms with E-state index < -0.39 is 6.36 Å². The van der Waals surface area contributed by atoms with Gasteiger partial charge in [-0.2, -0.15) is 0 Å². The molecule has 1 aliphatic heterocycles. The average molecular weight is 436 g/mol. The van der Waals surface area contributed by atoms with Crippen molar-refractivity contribution in [1.29, 1.82) is 0 Å². The van der Waals surface area contributed by atoms with Gasteiger partial charge in [0.25, 0.3) is 0 Å². The summed E-state index contributed by atoms with van der Waals surface area (Å²) < 4.78 is 41.0. The number of allylic oxidation sites excluding steroid dienone is 1. The van der Waals surface area contributed by atoms with Crippen molar-refractivity contribution in [2.75, 3.05) is 11.1 Å². The average Bonchev–Trinajstić information content (AvgIpc) is 2.76. The molecule has 0 spiro atoms. The summed E-state index contributed by atoms with van der Waals surface area (Å²) in [6, 6.07) is 18.7. The molecule has 0 unspecified atom stereocenters. The molecule has 0 atom stereocenters. The molecule has 0 amide bonds. The fourth-order valence-corrected chi connectivity index (χ4v) is 3.13. The lowest BCUT2D eigenvalue weighted by molar-refractivity contribution is -0.274. The van der Waals surface area contributed by atoms with Crippen LogP contribution in [-0.4, -0.2) is 6.36 Å². The molecule has 3 aromatic rings. The highest BCUT2D eigenvalue weighted by Gasteiger charge is 2.30. The molecule has 5 N–H and O–H groups in total. The molecule has 0 radical (unpaired) electrons. The lowest BCUT2D eigenvalue weighted by atomic mass is 10.0. The van der Waals surface area contributed by atoms with Crippen LogP contribution in [0.2, 0.25) is 0 Å². The summed E-state index contributed by atoms with van der Waals surface area (Å²) in [6.07, 6.45) is -2.98. The monoisotopic (exact) mass is 436 g/mol. The van der Waals surface area contributed by atoms with Crippen molar-refractivity contribution in [3.05, 3.63) is 96.4 Å². The van der Waals surface area contributed by atoms with Crippen molar-refractivity contribution < 1.29 is 17.9 Å². The van der Waals surface area contributed by atoms with Crippen LogP contribution in [0.1, 0.15) is 5.56 Å². The first-order valence-electron chi connectivity index (χ1n) is 9.58. The first-order valence-corrected chi connectivity index (χ1v) is 9.58. The number of hydrogen-bond acceptors (Lipinski definition) is 5. The first kappa shape index (κ1) is 21.0. The van der Waals surface area contributed by atoms with E-state index in [1.54, 1.807) is 24.3 Å². The molecule has 0 aromatic heterocycles. The molecule has 0 saturated carbocycles. The van der Waals surface area contributed by atoms with Crippen molar-refractivity contribution in [3.8, 4) is 16.9 Å². The first-order chi connectivity index (χ1) is 15.3. The fourth-order valence-electron chi connectivity index (χ4n) is 3.13. The Morgan fingerprint density at radius 1 is 0.906 bits per heavy atom. The second kappa shape index (κ2) is 8.45. The highest BCUT2D eigenvalue weighted by atomic mass is 19.4. The van der Waals surface area contributed by atoms with Gasteiger partial charge in [-0.1, -0.05) is 36.6 Å². The molecule has 1 heterocycles. The summed E-state index contributed by atoms with van der Waals surface area (Å²) in [5.74, 6) is -0.266. The van der Waals surface area contributed by atoms with Crippen molar-refractivity contribution >= 4 is 22.8 Å². The molecule has 8 heteroatoms. The Morgan fingerprint density at radius 2 is 1.66 bits per heavy atom. The SMILES string of the molecule is C=C1C=C=C(c2ccc(N)c(Nc3cccc(-c4ccc(OC(F)(F)F)cc4)c3)c2)NN1. The number of nitrogens with two attached hydrogens (primary N) is 1. The highest BCUT2D eigenvalue weighted by molar-refractivity contribution is 5.79. The number of nitrogens with one attached hydrogen (secondary N) is 3. The maximum Gasteiger partial charge on any atom is 0.573 e. The molecule has 3 aromatic carbocycles. The molecule has 32 heavy (non-hydrogen) atoms. The molecule has 0 saturated heterocycles. The highest BCUT2D eigenvalue weighted by Crippen LogP contribution is 2.31. The van der Waals surface area contributed by atoms with Gasteiger partial charge in [-0.3, -0.25) is 5.43 Å². The van der Waals surface area contributed by atoms with Crippen LogP contribution in [0.5, 0.6) is 5.75 Å². The molecule has 0 aliphatic carbocycles. The van der Waals surface area contributed by atoms with Crippen LogP contribution in [0.3, 0.4) is 0 Å². The van der Waals surface area contributed by atoms with Crippen LogP contribution in [0.4, 0.5) is 30.2 Å². The summed E-state index contributed by atoms with van der Waals surface area (Å²) in [7, 11) is 0. The Kier molecular flexibility index (Phi) is 5.54. The van der Waals surface area contributed by atoms with Gasteiger partial charge in [0.2, 0.25) is 0 Å². The second-order valence-electron chi connectivity index (χ2n) is 7.02. The minimum absolute atomic E-state index is 0.266. The van der Waals surface area contributed by atoms with Crippen LogP contribution in [-0.2, 0) is 0 Å². The number of anilines is 3. The van der Waals surface area contributed by atoms with Gasteiger partial charge in [0.05, 0.1) is 17.1 Å². The molecule has 0 fully saturated rings. The molecule has 5 nitrogen and oxygen atoms in total. The van der Waals surface area contributed by atoms with Crippen LogP contribution >= 0.6 is 0 Å². The third-order valence-corrected chi connectivity index (χ3v) is 4.64. The van der Waals surface area contributed by atoms with Crippen LogP contribution in [0.15, 0.2) is 90.8 Å². The van der Waals surface area contributed by atoms with Crippen molar-refractivity contribution in [3.63, 3.8) is 0 Å². The molecule has 1 aliphatic rings. The summed E-state index contributed by atoms with van der Waals surface area (Å²) in [5, 5.41) is 3.30. The number of halogens is 3. The molecule has 162 valence electrons. The lowest BCUT2D eigenvalue weighted by Crippen LogP contribution is -2.30. The second-order valence-corrected chi connectivity index (χ2v) is 7.02. The molecular formula is C24H19F3N4O. The van der Waals surface area contributed by atoms with Gasteiger partial charge in [-0.05, 0) is 53.6 Å². The van der Waals surface area contributed by atoms with Gasteiger partial charge >= 0.3 is 6.36 Å². The van der Waals surface area contributed by atoms with E-state index in [0.29, 0.717) is 17.1 Å². The smallest absolute Gasteiger partial charge is 0.406 e. The minimum atomic E-state index is -4.72. The Balaban J connectivity index is 1.56. The summed E-state index contributed by atoms with van der Waals surface area (Å²) >= 11 is 0. The summed E-state index contributed by atoms with van der Waals surface area (Å²) in [4.78, 5) is 0. The van der Waals surface area contributed by atoms with E-state index in [2.05, 4.69) is 33.2 Å². The van der Waals surface area contributed by atoms with Crippen LogP contribution in [0, 0.1) is 0 Å². The number of nitrogen functional groups attached to an aromatic ring is 1. The van der Waals surface area contributed by atoms with E-state index in [9.17, 15) is 13.2 Å². The number of benzene rings is 3. The Morgan fingerprint density at radius 3 is 2.34 bits per heavy atom. The van der Waals surface area contributed by atoms with E-state index >= 15 is 0 Å². The van der Waals surface area contributed by atoms with Gasteiger partial charge < -0.3 is 21.2 Å². The molecular weight excluding hydrogens is 417 g/mol. The standard InChI is InChI=1S/C24H19F3N4O/c1-15-5-12-22(31-30-15)18-8-11-21(28)23(14-18)29-19-4-2-3-17(13-19)16-6-9-20(10-7-16)32-24(25,26)27/h2-11,13-14,29-31H,1,28H2. The largest absolute Gasteiger partial charge is 0.573 e. The zero-order chi connectivity index (χ0) is 22.7. The van der Waals surface area contributed by atoms with Gasteiger partial charge in [0, 0.05) is 17.3 Å². The zero-order valence-electron chi connectivity index (χ0n) is 16.8. The number of ether oxygens (including phenoxy) is 1. The van der Waals surface area contributed by atoms with E-state index in [1.807, 2.05) is 36.4 Å². The number of hydrogen-bond donors (Lipinski definition) is 4. The predicted octanol–water partition coefficient (Wildman–Crippen LogP) is 5.70. The Labute approximate surface area is 182 Å². The van der Waals surface area contributed by atoms with E-state index in [0.717, 1.165) is 28.1 Å². The van der Waals surface area contributed by atoms with Crippen molar-refractivity contribution in [1.82, 2.24) is 10.9 Å². The predicted molar refractivity (Wildman–Crippen MR) is 120 cm³/mol. The van der Waals surface area contributed by atoms with Gasteiger partial charge in [0.1, 0.15) is 11.4 Å². The third kappa shape index (κ3) is 5.06. The van der Waals surface area contributed by atoms with E-state index in [1.165, 1.54) is 12.1 Å². The third-order valence-electron chi connectivity index (χ3n) is 4.64. The zero-order valence-corrected chi connectivity index (χ0v) is 16.8. The summed E-state index contributed by atoms with van der Waals surface area (Å²) in [6.45, 7) is 3.79. The number of hydrazine groups is 1.